The third-order valence-corrected chi connectivity index (χ3v) is 6.74. The van der Waals surface area contributed by atoms with Crippen LogP contribution < -0.4 is 34.3 Å². The van der Waals surface area contributed by atoms with E-state index in [4.69, 9.17) is 51.8 Å². The Morgan fingerprint density at radius 2 is 1.61 bits per heavy atom. The van der Waals surface area contributed by atoms with Crippen molar-refractivity contribution in [1.82, 2.24) is 19.9 Å². The van der Waals surface area contributed by atoms with E-state index >= 15 is 0 Å². The number of nitriles is 1. The minimum atomic E-state index is 0. The molecular weight excluding hydrogens is 582 g/mol. The Kier molecular flexibility index (Phi) is 12.8. The first-order valence-corrected chi connectivity index (χ1v) is 13.3. The van der Waals surface area contributed by atoms with Gasteiger partial charge in [0.2, 0.25) is 0 Å². The molecule has 6 rings (SSSR count). The standard InChI is InChI=1S/C11H8N2OS.C11H11NOS.C8H6N2S.Na/c12-4-6-14-8-1-2-10-9(7-8)11(15)3-5-13-10;1-13-7-8-2-3-10-9(6-8)11(14)4-5-12-10;11-8-2-4-10-7-1-3-9-5-6(7)8;/h1-3,5,7H,6H2,(H,13,15);2-6H,7H2,1H3,(H,12,14);1-5H,(H,10,11);/q;;;+1/p-1. The number of aromatic amines is 2. The number of aromatic nitrogens is 4. The van der Waals surface area contributed by atoms with Gasteiger partial charge in [-0.05, 0) is 59.5 Å². The van der Waals surface area contributed by atoms with Gasteiger partial charge in [-0.2, -0.15) is 10.2 Å². The molecule has 7 nitrogen and oxygen atoms in total. The predicted octanol–water partition coefficient (Wildman–Crippen LogP) is 4.38. The zero-order chi connectivity index (χ0) is 28.3. The van der Waals surface area contributed by atoms with Gasteiger partial charge in [-0.1, -0.05) is 36.6 Å². The molecule has 0 fully saturated rings. The van der Waals surface area contributed by atoms with E-state index in [0.717, 1.165) is 52.2 Å². The smallest absolute Gasteiger partial charge is 0.779 e. The van der Waals surface area contributed by atoms with Crippen molar-refractivity contribution in [3.05, 3.63) is 106 Å². The van der Waals surface area contributed by atoms with Crippen LogP contribution in [0.1, 0.15) is 5.56 Å². The van der Waals surface area contributed by atoms with E-state index in [0.29, 0.717) is 12.4 Å². The molecule has 2 aromatic carbocycles. The van der Waals surface area contributed by atoms with E-state index in [9.17, 15) is 0 Å². The molecule has 0 bridgehead atoms. The molecule has 0 aliphatic rings. The summed E-state index contributed by atoms with van der Waals surface area (Å²) in [6.45, 7) is 0.661. The first-order valence-electron chi connectivity index (χ1n) is 12.1. The van der Waals surface area contributed by atoms with Gasteiger partial charge in [-0.15, -0.1) is 0 Å². The van der Waals surface area contributed by atoms with Crippen molar-refractivity contribution >= 4 is 69.8 Å². The number of H-pyrrole nitrogens is 2. The second-order valence-corrected chi connectivity index (χ2v) is 9.67. The molecule has 0 saturated carbocycles. The number of ether oxygens (including phenoxy) is 2. The predicted molar refractivity (Wildman–Crippen MR) is 165 cm³/mol. The molecule has 6 aromatic rings. The Hall–Kier alpha value is -3.27. The van der Waals surface area contributed by atoms with Gasteiger partial charge >= 0.3 is 29.6 Å². The number of rotatable bonds is 4. The summed E-state index contributed by atoms with van der Waals surface area (Å²) >= 11 is 15.5. The monoisotopic (exact) mass is 605 g/mol. The number of pyridine rings is 4. The second kappa shape index (κ2) is 16.2. The van der Waals surface area contributed by atoms with Crippen LogP contribution in [0.3, 0.4) is 0 Å². The van der Waals surface area contributed by atoms with Crippen molar-refractivity contribution in [3.63, 3.8) is 0 Å². The van der Waals surface area contributed by atoms with Gasteiger partial charge < -0.3 is 32.1 Å². The zero-order valence-corrected chi connectivity index (χ0v) is 26.9. The van der Waals surface area contributed by atoms with E-state index in [2.05, 4.69) is 19.9 Å². The average Bonchev–Trinajstić information content (AvgIpc) is 2.98. The van der Waals surface area contributed by atoms with Gasteiger partial charge in [-0.25, -0.2) is 0 Å². The van der Waals surface area contributed by atoms with E-state index in [-0.39, 0.29) is 36.2 Å². The first-order chi connectivity index (χ1) is 19.5. The fraction of sp³-hybridized carbons (Fsp3) is 0.100. The van der Waals surface area contributed by atoms with E-state index in [1.807, 2.05) is 72.9 Å². The number of methoxy groups -OCH3 is 1. The maximum Gasteiger partial charge on any atom is 1.00 e. The molecule has 200 valence electrons. The molecule has 41 heavy (non-hydrogen) atoms. The SMILES string of the molecule is COCc1ccc2nccc([S-])c2c1.N#CCOc1ccc2[nH]ccc(=S)c2c1.S=c1cc[nH]c2ccncc12.[Na+]. The van der Waals surface area contributed by atoms with Crippen LogP contribution in [0.5, 0.6) is 5.75 Å². The molecule has 0 radical (unpaired) electrons. The largest absolute Gasteiger partial charge is 1.00 e. The minimum Gasteiger partial charge on any atom is -0.779 e. The van der Waals surface area contributed by atoms with Crippen molar-refractivity contribution in [1.29, 1.82) is 5.26 Å². The summed E-state index contributed by atoms with van der Waals surface area (Å²) in [4.78, 5) is 15.2. The molecular formula is C30H24N5NaO2S3. The van der Waals surface area contributed by atoms with E-state index in [1.165, 1.54) is 0 Å². The van der Waals surface area contributed by atoms with Crippen molar-refractivity contribution < 1.29 is 39.0 Å². The number of benzene rings is 2. The summed E-state index contributed by atoms with van der Waals surface area (Å²) < 4.78 is 11.9. The Morgan fingerprint density at radius 1 is 0.878 bits per heavy atom. The number of hydrogen-bond acceptors (Lipinski definition) is 8. The summed E-state index contributed by atoms with van der Waals surface area (Å²) in [5.74, 6) is 0.662. The van der Waals surface area contributed by atoms with Crippen LogP contribution in [0.4, 0.5) is 0 Å². The fourth-order valence-corrected chi connectivity index (χ4v) is 4.49. The van der Waals surface area contributed by atoms with Gasteiger partial charge in [0.1, 0.15) is 11.8 Å². The number of fused-ring (bicyclic) bond motifs is 3. The summed E-state index contributed by atoms with van der Waals surface area (Å²) in [6.07, 6.45) is 8.90. The zero-order valence-electron chi connectivity index (χ0n) is 22.5. The summed E-state index contributed by atoms with van der Waals surface area (Å²) in [5, 5.41) is 11.4. The van der Waals surface area contributed by atoms with Crippen LogP contribution in [-0.2, 0) is 24.0 Å². The Labute approximate surface area is 275 Å². The topological polar surface area (TPSA) is 99.6 Å². The summed E-state index contributed by atoms with van der Waals surface area (Å²) in [7, 11) is 1.68. The van der Waals surface area contributed by atoms with Gasteiger partial charge in [0.25, 0.3) is 0 Å². The van der Waals surface area contributed by atoms with Crippen LogP contribution in [-0.4, -0.2) is 33.7 Å². The number of nitrogens with zero attached hydrogens (tertiary/aromatic N) is 3. The molecule has 2 N–H and O–H groups in total. The number of nitrogens with one attached hydrogen (secondary N) is 2. The van der Waals surface area contributed by atoms with Gasteiger partial charge in [-0.3, -0.25) is 9.97 Å². The van der Waals surface area contributed by atoms with Crippen molar-refractivity contribution in [2.24, 2.45) is 0 Å². The Balaban J connectivity index is 0.000000169. The molecule has 4 aromatic heterocycles. The fourth-order valence-electron chi connectivity index (χ4n) is 3.79. The van der Waals surface area contributed by atoms with Crippen LogP contribution in [0.15, 0.2) is 96.5 Å². The Bertz CT molecular complexity index is 1920. The summed E-state index contributed by atoms with van der Waals surface area (Å²) in [5.41, 5.74) is 4.07. The van der Waals surface area contributed by atoms with Crippen LogP contribution in [0.25, 0.3) is 32.7 Å². The van der Waals surface area contributed by atoms with Crippen LogP contribution in [0.2, 0.25) is 0 Å². The molecule has 0 aliphatic heterocycles. The second-order valence-electron chi connectivity index (χ2n) is 8.35. The molecule has 0 spiro atoms. The van der Waals surface area contributed by atoms with Gasteiger partial charge in [0, 0.05) is 68.9 Å². The van der Waals surface area contributed by atoms with Crippen molar-refractivity contribution in [2.45, 2.75) is 11.5 Å². The Morgan fingerprint density at radius 3 is 2.32 bits per heavy atom. The molecule has 0 atom stereocenters. The van der Waals surface area contributed by atoms with E-state index in [1.54, 1.807) is 31.9 Å². The molecule has 0 amide bonds. The molecule has 0 unspecified atom stereocenters. The third-order valence-electron chi connectivity index (χ3n) is 5.67. The van der Waals surface area contributed by atoms with Gasteiger partial charge in [0.15, 0.2) is 6.61 Å². The maximum absolute atomic E-state index is 8.39. The van der Waals surface area contributed by atoms with Crippen molar-refractivity contribution in [3.8, 4) is 11.8 Å². The maximum atomic E-state index is 8.39. The van der Waals surface area contributed by atoms with Crippen LogP contribution >= 0.6 is 24.4 Å². The third kappa shape index (κ3) is 8.86. The minimum absolute atomic E-state index is 0. The molecule has 0 aliphatic carbocycles. The van der Waals surface area contributed by atoms with Crippen LogP contribution in [0, 0.1) is 20.4 Å². The van der Waals surface area contributed by atoms with Crippen molar-refractivity contribution in [2.75, 3.05) is 13.7 Å². The summed E-state index contributed by atoms with van der Waals surface area (Å²) in [6, 6.07) is 20.9. The molecule has 4 heterocycles. The molecule has 11 heteroatoms. The number of hydrogen-bond donors (Lipinski definition) is 2. The first kappa shape index (κ1) is 32.2. The normalized spacial score (nSPS) is 9.95. The van der Waals surface area contributed by atoms with E-state index < -0.39 is 0 Å². The quantitative estimate of drug-likeness (QED) is 0.174. The van der Waals surface area contributed by atoms with Gasteiger partial charge in [0.05, 0.1) is 12.1 Å². The average molecular weight is 606 g/mol. The molecule has 0 saturated heterocycles.